The molecule has 0 radical (unpaired) electrons. The maximum Gasteiger partial charge on any atom is 0.262 e. The first kappa shape index (κ1) is 20.9. The van der Waals surface area contributed by atoms with Crippen LogP contribution in [0, 0.1) is 6.92 Å². The molecular formula is C21H20BrN5O4. The number of nitrogens with zero attached hydrogens (tertiary/aromatic N) is 3. The van der Waals surface area contributed by atoms with Gasteiger partial charge in [-0.05, 0) is 48.4 Å². The third-order valence-corrected chi connectivity index (χ3v) is 5.39. The smallest absolute Gasteiger partial charge is 0.262 e. The summed E-state index contributed by atoms with van der Waals surface area (Å²) in [6.45, 7) is 1.74. The summed E-state index contributed by atoms with van der Waals surface area (Å²) in [5.74, 6) is 0.865. The lowest BCUT2D eigenvalue weighted by molar-refractivity contribution is -0.118. The van der Waals surface area contributed by atoms with Crippen molar-refractivity contribution in [3.05, 3.63) is 58.3 Å². The van der Waals surface area contributed by atoms with E-state index in [1.165, 1.54) is 13.4 Å². The molecule has 0 bridgehead atoms. The highest BCUT2D eigenvalue weighted by Crippen LogP contribution is 2.35. The second-order valence-corrected chi connectivity index (χ2v) is 7.92. The number of hydrogen-bond acceptors (Lipinski definition) is 6. The van der Waals surface area contributed by atoms with E-state index < -0.39 is 0 Å². The van der Waals surface area contributed by atoms with Crippen molar-refractivity contribution in [3.8, 4) is 11.5 Å². The van der Waals surface area contributed by atoms with Gasteiger partial charge in [0.1, 0.15) is 6.33 Å². The number of benzene rings is 2. The summed E-state index contributed by atoms with van der Waals surface area (Å²) in [5, 5.41) is 9.72. The Kier molecular flexibility index (Phi) is 5.90. The molecule has 2 N–H and O–H groups in total. The average molecular weight is 486 g/mol. The first-order valence-corrected chi connectivity index (χ1v) is 10.3. The predicted molar refractivity (Wildman–Crippen MR) is 117 cm³/mol. The molecule has 0 fully saturated rings. The van der Waals surface area contributed by atoms with Gasteiger partial charge in [-0.25, -0.2) is 4.68 Å². The van der Waals surface area contributed by atoms with E-state index in [2.05, 4.69) is 36.6 Å². The molecule has 0 aliphatic carbocycles. The van der Waals surface area contributed by atoms with E-state index in [4.69, 9.17) is 9.47 Å². The molecule has 3 aromatic rings. The van der Waals surface area contributed by atoms with Gasteiger partial charge in [-0.3, -0.25) is 14.9 Å². The van der Waals surface area contributed by atoms with Crippen LogP contribution in [-0.4, -0.2) is 40.3 Å². The minimum atomic E-state index is -0.308. The van der Waals surface area contributed by atoms with Crippen LogP contribution in [0.1, 0.15) is 23.6 Å². The van der Waals surface area contributed by atoms with Gasteiger partial charge in [0.25, 0.3) is 5.91 Å². The molecule has 1 atom stereocenters. The number of fused-ring (bicyclic) bond motifs is 1. The largest absolute Gasteiger partial charge is 0.493 e. The predicted octanol–water partition coefficient (Wildman–Crippen LogP) is 3.31. The van der Waals surface area contributed by atoms with Gasteiger partial charge < -0.3 is 14.8 Å². The zero-order chi connectivity index (χ0) is 22.0. The molecule has 2 aromatic carbocycles. The van der Waals surface area contributed by atoms with Crippen LogP contribution >= 0.6 is 15.9 Å². The fourth-order valence-corrected chi connectivity index (χ4v) is 3.85. The Morgan fingerprint density at radius 3 is 2.90 bits per heavy atom. The van der Waals surface area contributed by atoms with Crippen molar-refractivity contribution >= 4 is 39.4 Å². The van der Waals surface area contributed by atoms with E-state index in [1.807, 2.05) is 31.2 Å². The van der Waals surface area contributed by atoms with Gasteiger partial charge in [0.05, 0.1) is 19.6 Å². The number of carbonyl (C=O) groups excluding carboxylic acids is 2. The van der Waals surface area contributed by atoms with Crippen molar-refractivity contribution in [2.24, 2.45) is 0 Å². The third-order valence-electron chi connectivity index (χ3n) is 4.89. The Bertz CT molecular complexity index is 1150. The van der Waals surface area contributed by atoms with Crippen LogP contribution in [0.2, 0.25) is 0 Å². The Hall–Kier alpha value is -3.40. The van der Waals surface area contributed by atoms with Crippen LogP contribution in [0.4, 0.5) is 11.6 Å². The van der Waals surface area contributed by atoms with Crippen LogP contribution in [0.3, 0.4) is 0 Å². The summed E-state index contributed by atoms with van der Waals surface area (Å²) in [6.07, 6.45) is 1.63. The molecule has 1 aliphatic rings. The van der Waals surface area contributed by atoms with E-state index in [1.54, 1.807) is 16.8 Å². The van der Waals surface area contributed by atoms with Crippen LogP contribution in [0.25, 0.3) is 0 Å². The molecule has 2 amide bonds. The van der Waals surface area contributed by atoms with Crippen molar-refractivity contribution in [3.63, 3.8) is 0 Å². The molecule has 31 heavy (non-hydrogen) atoms. The zero-order valence-corrected chi connectivity index (χ0v) is 18.5. The Morgan fingerprint density at radius 2 is 2.13 bits per heavy atom. The number of ether oxygens (including phenoxy) is 2. The molecule has 0 saturated heterocycles. The minimum Gasteiger partial charge on any atom is -0.493 e. The van der Waals surface area contributed by atoms with E-state index in [-0.39, 0.29) is 30.9 Å². The van der Waals surface area contributed by atoms with Gasteiger partial charge in [0, 0.05) is 10.2 Å². The van der Waals surface area contributed by atoms with Crippen molar-refractivity contribution in [1.82, 2.24) is 14.8 Å². The fraction of sp³-hybridized carbons (Fsp3) is 0.238. The summed E-state index contributed by atoms with van der Waals surface area (Å²) in [6, 6.07) is 10.6. The monoisotopic (exact) mass is 485 g/mol. The standard InChI is InChI=1S/C21H20BrN5O4/c1-12-7-14(22)4-5-15(12)25-20(29)10-31-17-6-3-13(8-18(17)30-2)16-9-19(28)26-21-23-11-24-27(16)21/h3-8,11,16H,9-10H2,1-2H3,(H,25,29)(H,23,24,26,28)/t16-/m1/s1. The number of aromatic nitrogens is 3. The van der Waals surface area contributed by atoms with Crippen LogP contribution in [0.15, 0.2) is 47.2 Å². The molecule has 4 rings (SSSR count). The lowest BCUT2D eigenvalue weighted by Crippen LogP contribution is -2.29. The van der Waals surface area contributed by atoms with Gasteiger partial charge >= 0.3 is 0 Å². The van der Waals surface area contributed by atoms with Gasteiger partial charge in [-0.15, -0.1) is 0 Å². The molecule has 1 aromatic heterocycles. The van der Waals surface area contributed by atoms with Crippen molar-refractivity contribution in [1.29, 1.82) is 0 Å². The maximum absolute atomic E-state index is 12.3. The molecular weight excluding hydrogens is 466 g/mol. The summed E-state index contributed by atoms with van der Waals surface area (Å²) >= 11 is 3.40. The van der Waals surface area contributed by atoms with Gasteiger partial charge in [0.2, 0.25) is 11.9 Å². The highest BCUT2D eigenvalue weighted by molar-refractivity contribution is 9.10. The lowest BCUT2D eigenvalue weighted by atomic mass is 10.0. The van der Waals surface area contributed by atoms with Crippen LogP contribution in [0.5, 0.6) is 11.5 Å². The summed E-state index contributed by atoms with van der Waals surface area (Å²) in [5.41, 5.74) is 2.48. The third kappa shape index (κ3) is 4.53. The highest BCUT2D eigenvalue weighted by atomic mass is 79.9. The highest BCUT2D eigenvalue weighted by Gasteiger charge is 2.28. The number of methoxy groups -OCH3 is 1. The normalized spacial score (nSPS) is 15.1. The number of carbonyl (C=O) groups is 2. The molecule has 0 unspecified atom stereocenters. The number of aryl methyl sites for hydroxylation is 1. The maximum atomic E-state index is 12.3. The van der Waals surface area contributed by atoms with Crippen LogP contribution < -0.4 is 20.1 Å². The minimum absolute atomic E-state index is 0.135. The number of hydrogen-bond donors (Lipinski definition) is 2. The molecule has 0 saturated carbocycles. The molecule has 2 heterocycles. The van der Waals surface area contributed by atoms with Gasteiger partial charge in [-0.1, -0.05) is 22.0 Å². The lowest BCUT2D eigenvalue weighted by Gasteiger charge is -2.24. The Labute approximate surface area is 186 Å². The first-order chi connectivity index (χ1) is 14.9. The van der Waals surface area contributed by atoms with E-state index >= 15 is 0 Å². The van der Waals surface area contributed by atoms with Gasteiger partial charge in [-0.2, -0.15) is 10.1 Å². The Balaban J connectivity index is 1.47. The molecule has 0 spiro atoms. The number of anilines is 2. The summed E-state index contributed by atoms with van der Waals surface area (Å²) in [4.78, 5) is 28.4. The SMILES string of the molecule is COc1cc([C@H]2CC(=O)Nc3ncnn32)ccc1OCC(=O)Nc1ccc(Br)cc1C. The number of halogens is 1. The average Bonchev–Trinajstić information content (AvgIpc) is 3.22. The van der Waals surface area contributed by atoms with Gasteiger partial charge in [0.15, 0.2) is 18.1 Å². The Morgan fingerprint density at radius 1 is 1.29 bits per heavy atom. The first-order valence-electron chi connectivity index (χ1n) is 9.50. The second kappa shape index (κ2) is 8.76. The molecule has 160 valence electrons. The summed E-state index contributed by atoms with van der Waals surface area (Å²) < 4.78 is 13.7. The number of nitrogens with one attached hydrogen (secondary N) is 2. The number of rotatable bonds is 6. The molecule has 9 nitrogen and oxygen atoms in total. The fourth-order valence-electron chi connectivity index (χ4n) is 3.37. The zero-order valence-electron chi connectivity index (χ0n) is 16.9. The topological polar surface area (TPSA) is 107 Å². The molecule has 10 heteroatoms. The van der Waals surface area contributed by atoms with Crippen LogP contribution in [-0.2, 0) is 9.59 Å². The second-order valence-electron chi connectivity index (χ2n) is 7.00. The van der Waals surface area contributed by atoms with E-state index in [0.717, 1.165) is 21.3 Å². The van der Waals surface area contributed by atoms with E-state index in [9.17, 15) is 9.59 Å². The van der Waals surface area contributed by atoms with Crippen molar-refractivity contribution < 1.29 is 19.1 Å². The van der Waals surface area contributed by atoms with Crippen molar-refractivity contribution in [2.75, 3.05) is 24.4 Å². The molecule has 1 aliphatic heterocycles. The summed E-state index contributed by atoms with van der Waals surface area (Å²) in [7, 11) is 1.52. The van der Waals surface area contributed by atoms with Crippen molar-refractivity contribution in [2.45, 2.75) is 19.4 Å². The number of amides is 2. The van der Waals surface area contributed by atoms with E-state index in [0.29, 0.717) is 17.4 Å². The quantitative estimate of drug-likeness (QED) is 0.554.